The highest BCUT2D eigenvalue weighted by Gasteiger charge is 2.36. The van der Waals surface area contributed by atoms with Crippen molar-refractivity contribution in [2.45, 2.75) is 19.3 Å². The van der Waals surface area contributed by atoms with E-state index in [1.807, 2.05) is 170 Å². The lowest BCUT2D eigenvalue weighted by molar-refractivity contribution is 0.103. The Bertz CT molecular complexity index is 6200. The maximum Gasteiger partial charge on any atom is 0.328 e. The summed E-state index contributed by atoms with van der Waals surface area (Å²) in [5.41, 5.74) is 12.7. The van der Waals surface area contributed by atoms with Crippen molar-refractivity contribution in [2.75, 3.05) is 16.0 Å². The highest BCUT2D eigenvalue weighted by Crippen LogP contribution is 2.49. The molecule has 100 heavy (non-hydrogen) atoms. The van der Waals surface area contributed by atoms with E-state index in [1.165, 1.54) is 46.1 Å². The van der Waals surface area contributed by atoms with E-state index in [0.717, 1.165) is 68.6 Å². The van der Waals surface area contributed by atoms with Crippen molar-refractivity contribution in [3.05, 3.63) is 250 Å². The Morgan fingerprint density at radius 2 is 0.610 bits per heavy atom. The maximum atomic E-state index is 14.7. The van der Waals surface area contributed by atoms with Gasteiger partial charge >= 0.3 is 12.0 Å². The van der Waals surface area contributed by atoms with Gasteiger partial charge in [0.15, 0.2) is 29.0 Å². The number of anilines is 6. The average Bonchev–Trinajstić information content (AvgIpc) is 1.56. The smallest absolute Gasteiger partial charge is 0.328 e. The summed E-state index contributed by atoms with van der Waals surface area (Å²) in [7, 11) is 0. The van der Waals surface area contributed by atoms with Crippen LogP contribution < -0.4 is 25.4 Å². The van der Waals surface area contributed by atoms with Crippen LogP contribution in [0.15, 0.2) is 194 Å². The Kier molecular flexibility index (Phi) is 12.5. The first-order valence-corrected chi connectivity index (χ1v) is 34.7. The summed E-state index contributed by atoms with van der Waals surface area (Å²) in [5, 5.41) is 13.3. The van der Waals surface area contributed by atoms with Crippen molar-refractivity contribution in [1.82, 2.24) is 47.4 Å². The van der Waals surface area contributed by atoms with Gasteiger partial charge in [0.25, 0.3) is 0 Å². The molecule has 0 saturated heterocycles. The zero-order valence-corrected chi connectivity index (χ0v) is 55.3. The van der Waals surface area contributed by atoms with Gasteiger partial charge in [-0.15, -0.1) is 0 Å². The molecule has 0 unspecified atom stereocenters. The molecule has 16 aromatic rings. The third-order valence-corrected chi connectivity index (χ3v) is 22.2. The third kappa shape index (κ3) is 8.78. The van der Waals surface area contributed by atoms with Gasteiger partial charge in [-0.25, -0.2) is 0 Å². The first-order valence-electron chi connectivity index (χ1n) is 31.6. The molecule has 0 amide bonds. The van der Waals surface area contributed by atoms with Crippen LogP contribution in [0, 0.1) is 0 Å². The van der Waals surface area contributed by atoms with Gasteiger partial charge in [-0.05, 0) is 124 Å². The summed E-state index contributed by atoms with van der Waals surface area (Å²) >= 11 is 5.39. The minimum atomic E-state index is -0.568. The van der Waals surface area contributed by atoms with E-state index in [0.29, 0.717) is 107 Å². The average molecular weight is 1370 g/mol. The fraction of sp³-hybridized carbons (Fsp3) is 0.0390. The number of benzene rings is 10. The predicted molar refractivity (Wildman–Crippen MR) is 388 cm³/mol. The first kappa shape index (κ1) is 57.7. The number of nitrogens with one attached hydrogen (secondary N) is 3. The van der Waals surface area contributed by atoms with E-state index >= 15 is 0 Å². The topological polar surface area (TPSA) is 252 Å². The molecular weight excluding hydrogens is 1330 g/mol. The lowest BCUT2D eigenvalue weighted by atomic mass is 9.78. The molecular formula is C77H41N13O6S4. The SMILES string of the molecule is CC(C)(c1ccc(Oc2nc(Nc3cccc4c3C(=O)c3cccc5snc-4c35)nc(Nc3cccc4c3C(=O)c3cccc5snc-4c35)n2)cc1)c1ccc(Oc2nc(Nc3cccc4c3C(=O)c3cccc5snc-4c35)nc(-c3cccc4c3C(=O)c3cccc5snc-4c35)n2)cc1. The molecule has 6 aromatic heterocycles. The zero-order valence-electron chi connectivity index (χ0n) is 52.0. The summed E-state index contributed by atoms with van der Waals surface area (Å²) in [5.74, 6) is 0.530. The molecule has 0 saturated carbocycles. The zero-order chi connectivity index (χ0) is 66.8. The largest absolute Gasteiger partial charge is 0.424 e. The van der Waals surface area contributed by atoms with Crippen LogP contribution in [0.1, 0.15) is 88.7 Å². The number of carbonyl (C=O) groups excluding carboxylic acids is 4. The van der Waals surface area contributed by atoms with Gasteiger partial charge in [-0.2, -0.15) is 47.4 Å². The van der Waals surface area contributed by atoms with Gasteiger partial charge < -0.3 is 25.4 Å². The molecule has 4 aliphatic rings. The lowest BCUT2D eigenvalue weighted by Crippen LogP contribution is -2.18. The summed E-state index contributed by atoms with van der Waals surface area (Å²) < 4.78 is 35.9. The minimum Gasteiger partial charge on any atom is -0.424 e. The van der Waals surface area contributed by atoms with Gasteiger partial charge in [0.1, 0.15) is 11.5 Å². The van der Waals surface area contributed by atoms with Gasteiger partial charge in [-0.3, -0.25) is 19.2 Å². The Labute approximate surface area is 581 Å². The number of ketones is 4. The van der Waals surface area contributed by atoms with Crippen LogP contribution in [0.2, 0.25) is 0 Å². The number of ether oxygens (including phenoxy) is 2. The second-order valence-electron chi connectivity index (χ2n) is 24.9. The van der Waals surface area contributed by atoms with Gasteiger partial charge in [0.05, 0.1) is 75.3 Å². The third-order valence-electron chi connectivity index (χ3n) is 18.9. The Morgan fingerprint density at radius 1 is 0.310 bits per heavy atom. The van der Waals surface area contributed by atoms with Crippen molar-refractivity contribution in [2.24, 2.45) is 0 Å². The fourth-order valence-electron chi connectivity index (χ4n) is 14.2. The summed E-state index contributed by atoms with van der Waals surface area (Å²) in [6.07, 6.45) is 0. The monoisotopic (exact) mass is 1370 g/mol. The van der Waals surface area contributed by atoms with Gasteiger partial charge in [0.2, 0.25) is 17.8 Å². The molecule has 0 spiro atoms. The maximum absolute atomic E-state index is 14.7. The molecule has 10 aromatic carbocycles. The summed E-state index contributed by atoms with van der Waals surface area (Å²) in [6, 6.07) is 59.9. The number of nitrogens with zero attached hydrogens (tertiary/aromatic N) is 10. The standard InChI is InChI=1S/C77H41N13O6S4/c1-77(2,35-27-31-37(32-28-35)95-75-82-71(47-19-3-11-39-55(47)67(91)43-15-7-23-51-59(43)63(39)87-97-51)81-72(84-75)78-48-20-4-12-40-56(48)68(92)44-16-8-24-52-60(44)64(40)88-98-52)36-29-33-38(34-30-36)96-76-85-73(79-49-21-5-13-41-57(49)69(93)45-17-9-25-53-61(45)65(41)89-99-53)83-74(86-76)80-50-22-6-14-42-58(50)70(94)46-18-10-26-54-62(46)66(42)90-100-54/h3-34H,1-2H3,(H,78,81,82,84)(H2,79,80,83,85,86). The molecule has 0 aliphatic heterocycles. The number of hydrogen-bond donors (Lipinski definition) is 3. The highest BCUT2D eigenvalue weighted by molar-refractivity contribution is 7.15. The molecule has 0 bridgehead atoms. The predicted octanol–water partition coefficient (Wildman–Crippen LogP) is 18.1. The van der Waals surface area contributed by atoms with Crippen molar-refractivity contribution < 1.29 is 28.7 Å². The Hall–Kier alpha value is -12.5. The van der Waals surface area contributed by atoms with Crippen LogP contribution >= 0.6 is 46.1 Å². The van der Waals surface area contributed by atoms with Crippen LogP contribution in [0.25, 0.3) is 96.8 Å². The van der Waals surface area contributed by atoms with E-state index in [1.54, 1.807) is 24.3 Å². The summed E-state index contributed by atoms with van der Waals surface area (Å²) in [6.45, 7) is 4.23. The summed E-state index contributed by atoms with van der Waals surface area (Å²) in [4.78, 5) is 87.1. The minimum absolute atomic E-state index is 0.0636. The van der Waals surface area contributed by atoms with Crippen molar-refractivity contribution in [1.29, 1.82) is 0 Å². The van der Waals surface area contributed by atoms with Crippen molar-refractivity contribution in [3.63, 3.8) is 0 Å². The van der Waals surface area contributed by atoms with E-state index in [4.69, 9.17) is 56.9 Å². The molecule has 20 rings (SSSR count). The van der Waals surface area contributed by atoms with Crippen LogP contribution in [0.4, 0.5) is 34.9 Å². The molecule has 474 valence electrons. The lowest BCUT2D eigenvalue weighted by Gasteiger charge is -2.26. The molecule has 6 heterocycles. The van der Waals surface area contributed by atoms with Crippen LogP contribution in [0.5, 0.6) is 23.5 Å². The molecule has 4 aliphatic carbocycles. The van der Waals surface area contributed by atoms with E-state index in [-0.39, 0.29) is 58.8 Å². The van der Waals surface area contributed by atoms with Crippen LogP contribution in [-0.4, -0.2) is 70.5 Å². The number of hydrogen-bond acceptors (Lipinski definition) is 23. The van der Waals surface area contributed by atoms with Gasteiger partial charge in [0, 0.05) is 82.6 Å². The number of aromatic nitrogens is 10. The Morgan fingerprint density at radius 3 is 0.990 bits per heavy atom. The number of carbonyl (C=O) groups is 4. The van der Waals surface area contributed by atoms with E-state index in [9.17, 15) is 19.2 Å². The number of rotatable bonds is 13. The van der Waals surface area contributed by atoms with Gasteiger partial charge in [-0.1, -0.05) is 141 Å². The second-order valence-corrected chi connectivity index (χ2v) is 28.1. The van der Waals surface area contributed by atoms with Crippen LogP contribution in [-0.2, 0) is 5.41 Å². The fourth-order valence-corrected chi connectivity index (χ4v) is 17.5. The van der Waals surface area contributed by atoms with E-state index in [2.05, 4.69) is 29.8 Å². The molecule has 23 heteroatoms. The first-order chi connectivity index (χ1) is 48.9. The molecule has 0 fully saturated rings. The second kappa shape index (κ2) is 21.7. The quantitative estimate of drug-likeness (QED) is 0.0970. The van der Waals surface area contributed by atoms with Crippen molar-refractivity contribution in [3.8, 4) is 79.9 Å². The van der Waals surface area contributed by atoms with Crippen LogP contribution in [0.3, 0.4) is 0 Å². The van der Waals surface area contributed by atoms with Crippen molar-refractivity contribution >= 4 is 145 Å². The molecule has 0 atom stereocenters. The normalized spacial score (nSPS) is 13.0. The highest BCUT2D eigenvalue weighted by atomic mass is 32.1. The molecule has 3 N–H and O–H groups in total. The Balaban J connectivity index is 0.611. The molecule has 0 radical (unpaired) electrons. The van der Waals surface area contributed by atoms with E-state index < -0.39 is 5.41 Å². The number of fused-ring (bicyclic) bond motifs is 8. The molecule has 19 nitrogen and oxygen atoms in total.